The number of amides is 1. The van der Waals surface area contributed by atoms with Gasteiger partial charge >= 0.3 is 0 Å². The van der Waals surface area contributed by atoms with E-state index in [0.29, 0.717) is 0 Å². The van der Waals surface area contributed by atoms with Crippen molar-refractivity contribution in [3.8, 4) is 5.75 Å². The monoisotopic (exact) mass is 269 g/mol. The second-order valence-corrected chi connectivity index (χ2v) is 4.58. The lowest BCUT2D eigenvalue weighted by molar-refractivity contribution is 0.0929. The van der Waals surface area contributed by atoms with Gasteiger partial charge in [0.1, 0.15) is 5.75 Å². The molecule has 1 aromatic rings. The summed E-state index contributed by atoms with van der Waals surface area (Å²) in [4.78, 5) is 11.7. The molecule has 0 saturated carbocycles. The van der Waals surface area contributed by atoms with Crippen LogP contribution in [0.5, 0.6) is 5.75 Å². The highest BCUT2D eigenvalue weighted by molar-refractivity contribution is 9.10. The van der Waals surface area contributed by atoms with Gasteiger partial charge in [-0.05, 0) is 47.0 Å². The summed E-state index contributed by atoms with van der Waals surface area (Å²) >= 11 is 3.37. The largest absolute Gasteiger partial charge is 0.496 e. The third-order valence-corrected chi connectivity index (χ3v) is 3.15. The Balaban J connectivity index is 2.52. The number of hydrogen-bond acceptors (Lipinski definition) is 2. The van der Waals surface area contributed by atoms with Crippen LogP contribution in [0.4, 0.5) is 0 Å². The van der Waals surface area contributed by atoms with Gasteiger partial charge in [-0.15, -0.1) is 0 Å². The van der Waals surface area contributed by atoms with Gasteiger partial charge in [0, 0.05) is 11.6 Å². The smallest absolute Gasteiger partial charge is 0.251 e. The van der Waals surface area contributed by atoms with E-state index in [4.69, 9.17) is 4.74 Å². The molecule has 1 atom stereocenters. The molecule has 0 radical (unpaired) electrons. The van der Waals surface area contributed by atoms with Gasteiger partial charge in [-0.3, -0.25) is 4.79 Å². The van der Waals surface area contributed by atoms with E-state index >= 15 is 0 Å². The summed E-state index contributed by atoms with van der Waals surface area (Å²) in [5, 5.41) is 2.90. The first-order valence-corrected chi connectivity index (χ1v) is 5.58. The van der Waals surface area contributed by atoms with Crippen LogP contribution in [0.1, 0.15) is 22.8 Å². The molecule has 0 fully saturated rings. The van der Waals surface area contributed by atoms with Crippen LogP contribution in [-0.2, 0) is 6.42 Å². The first-order chi connectivity index (χ1) is 7.11. The van der Waals surface area contributed by atoms with Gasteiger partial charge in [0.25, 0.3) is 5.91 Å². The Labute approximate surface area is 96.9 Å². The number of ether oxygens (including phenoxy) is 1. The predicted molar refractivity (Wildman–Crippen MR) is 61.3 cm³/mol. The number of carbonyl (C=O) groups is 1. The number of benzene rings is 1. The van der Waals surface area contributed by atoms with Crippen molar-refractivity contribution < 1.29 is 9.53 Å². The maximum Gasteiger partial charge on any atom is 0.251 e. The Hall–Kier alpha value is -1.03. The SMILES string of the molecule is COc1cc2c(cc1Br)C(=O)N[C@H](C)C2. The van der Waals surface area contributed by atoms with Crippen molar-refractivity contribution in [2.75, 3.05) is 7.11 Å². The van der Waals surface area contributed by atoms with Crippen LogP contribution in [0.2, 0.25) is 0 Å². The molecule has 0 aromatic heterocycles. The summed E-state index contributed by atoms with van der Waals surface area (Å²) in [5.41, 5.74) is 1.78. The zero-order valence-electron chi connectivity index (χ0n) is 8.63. The van der Waals surface area contributed by atoms with E-state index in [1.54, 1.807) is 7.11 Å². The second-order valence-electron chi connectivity index (χ2n) is 3.72. The highest BCUT2D eigenvalue weighted by atomic mass is 79.9. The first-order valence-electron chi connectivity index (χ1n) is 4.79. The number of methoxy groups -OCH3 is 1. The first kappa shape index (κ1) is 10.5. The molecule has 15 heavy (non-hydrogen) atoms. The molecule has 1 heterocycles. The van der Waals surface area contributed by atoms with E-state index in [-0.39, 0.29) is 11.9 Å². The van der Waals surface area contributed by atoms with Crippen LogP contribution in [-0.4, -0.2) is 19.1 Å². The predicted octanol–water partition coefficient (Wildman–Crippen LogP) is 2.13. The normalized spacial score (nSPS) is 19.4. The molecule has 1 N–H and O–H groups in total. The van der Waals surface area contributed by atoms with Crippen LogP contribution >= 0.6 is 15.9 Å². The molecule has 0 spiro atoms. The fraction of sp³-hybridized carbons (Fsp3) is 0.364. The Kier molecular flexibility index (Phi) is 2.69. The molecule has 1 aromatic carbocycles. The summed E-state index contributed by atoms with van der Waals surface area (Å²) in [5.74, 6) is 0.766. The molecule has 0 saturated heterocycles. The molecule has 4 heteroatoms. The van der Waals surface area contributed by atoms with E-state index in [0.717, 1.165) is 27.8 Å². The van der Waals surface area contributed by atoms with E-state index in [9.17, 15) is 4.79 Å². The fourth-order valence-corrected chi connectivity index (χ4v) is 2.32. The molecule has 1 amide bonds. The molecular weight excluding hydrogens is 258 g/mol. The summed E-state index contributed by atoms with van der Waals surface area (Å²) < 4.78 is 6.02. The number of fused-ring (bicyclic) bond motifs is 1. The van der Waals surface area contributed by atoms with Gasteiger partial charge in [-0.1, -0.05) is 0 Å². The van der Waals surface area contributed by atoms with Crippen molar-refractivity contribution in [2.24, 2.45) is 0 Å². The summed E-state index contributed by atoms with van der Waals surface area (Å²) in [6.07, 6.45) is 0.852. The molecule has 1 aliphatic heterocycles. The highest BCUT2D eigenvalue weighted by Crippen LogP contribution is 2.30. The van der Waals surface area contributed by atoms with Crippen LogP contribution < -0.4 is 10.1 Å². The second kappa shape index (κ2) is 3.85. The minimum atomic E-state index is -0.00731. The standard InChI is InChI=1S/C11H12BrNO2/c1-6-3-7-4-10(15-2)9(12)5-8(7)11(14)13-6/h4-6H,3H2,1-2H3,(H,13,14)/t6-/m1/s1. The molecule has 80 valence electrons. The number of carbonyl (C=O) groups excluding carboxylic acids is 1. The minimum Gasteiger partial charge on any atom is -0.496 e. The zero-order valence-corrected chi connectivity index (χ0v) is 10.2. The molecule has 2 rings (SSSR count). The number of halogens is 1. The summed E-state index contributed by atoms with van der Waals surface area (Å²) in [7, 11) is 1.62. The van der Waals surface area contributed by atoms with Gasteiger partial charge in [-0.2, -0.15) is 0 Å². The van der Waals surface area contributed by atoms with Crippen molar-refractivity contribution >= 4 is 21.8 Å². The number of rotatable bonds is 1. The lowest BCUT2D eigenvalue weighted by Crippen LogP contribution is -2.39. The van der Waals surface area contributed by atoms with Crippen LogP contribution in [0.3, 0.4) is 0 Å². The quantitative estimate of drug-likeness (QED) is 0.849. The molecule has 0 aliphatic carbocycles. The average Bonchev–Trinajstić information content (AvgIpc) is 2.18. The van der Waals surface area contributed by atoms with Gasteiger partial charge in [-0.25, -0.2) is 0 Å². The minimum absolute atomic E-state index is 0.00731. The summed E-state index contributed by atoms with van der Waals surface area (Å²) in [6, 6.07) is 3.93. The maximum absolute atomic E-state index is 11.7. The number of hydrogen-bond donors (Lipinski definition) is 1. The Morgan fingerprint density at radius 1 is 1.53 bits per heavy atom. The average molecular weight is 270 g/mol. The highest BCUT2D eigenvalue weighted by Gasteiger charge is 2.22. The molecule has 0 unspecified atom stereocenters. The molecule has 3 nitrogen and oxygen atoms in total. The Bertz CT molecular complexity index is 417. The van der Waals surface area contributed by atoms with E-state index < -0.39 is 0 Å². The topological polar surface area (TPSA) is 38.3 Å². The van der Waals surface area contributed by atoms with Crippen molar-refractivity contribution in [3.05, 3.63) is 27.7 Å². The van der Waals surface area contributed by atoms with E-state index in [1.807, 2.05) is 19.1 Å². The van der Waals surface area contributed by atoms with Gasteiger partial charge < -0.3 is 10.1 Å². The third kappa shape index (κ3) is 1.86. The lowest BCUT2D eigenvalue weighted by atomic mass is 9.96. The van der Waals surface area contributed by atoms with Crippen molar-refractivity contribution in [3.63, 3.8) is 0 Å². The Morgan fingerprint density at radius 3 is 2.93 bits per heavy atom. The van der Waals surface area contributed by atoms with E-state index in [1.165, 1.54) is 0 Å². The maximum atomic E-state index is 11.7. The lowest BCUT2D eigenvalue weighted by Gasteiger charge is -2.23. The van der Waals surface area contributed by atoms with Crippen molar-refractivity contribution in [1.29, 1.82) is 0 Å². The molecule has 0 bridgehead atoms. The Morgan fingerprint density at radius 2 is 2.27 bits per heavy atom. The molecule has 1 aliphatic rings. The van der Waals surface area contributed by atoms with Crippen LogP contribution in [0.25, 0.3) is 0 Å². The van der Waals surface area contributed by atoms with Crippen LogP contribution in [0, 0.1) is 0 Å². The van der Waals surface area contributed by atoms with E-state index in [2.05, 4.69) is 21.2 Å². The van der Waals surface area contributed by atoms with Crippen molar-refractivity contribution in [1.82, 2.24) is 5.32 Å². The molecular formula is C11H12BrNO2. The van der Waals surface area contributed by atoms with Crippen LogP contribution in [0.15, 0.2) is 16.6 Å². The third-order valence-electron chi connectivity index (χ3n) is 2.53. The summed E-state index contributed by atoms with van der Waals surface area (Å²) in [6.45, 7) is 2.00. The van der Waals surface area contributed by atoms with Gasteiger partial charge in [0.05, 0.1) is 11.6 Å². The number of nitrogens with one attached hydrogen (secondary N) is 1. The zero-order chi connectivity index (χ0) is 11.0. The van der Waals surface area contributed by atoms with Gasteiger partial charge in [0.15, 0.2) is 0 Å². The fourth-order valence-electron chi connectivity index (χ4n) is 1.81. The van der Waals surface area contributed by atoms with Crippen molar-refractivity contribution in [2.45, 2.75) is 19.4 Å². The van der Waals surface area contributed by atoms with Gasteiger partial charge in [0.2, 0.25) is 0 Å².